The van der Waals surface area contributed by atoms with Gasteiger partial charge in [0.1, 0.15) is 0 Å². The van der Waals surface area contributed by atoms with Crippen molar-refractivity contribution in [2.24, 2.45) is 0 Å². The number of thioether (sulfide) groups is 1. The van der Waals surface area contributed by atoms with Gasteiger partial charge in [-0.05, 0) is 23.6 Å². The van der Waals surface area contributed by atoms with Crippen LogP contribution in [0.2, 0.25) is 0 Å². The number of anilines is 1. The van der Waals surface area contributed by atoms with Gasteiger partial charge in [0.05, 0.1) is 12.4 Å². The molecule has 0 saturated heterocycles. The SMILES string of the molecule is O=C(CSCCO)Nc1ccccc1Cc1ccccc1. The first-order valence-corrected chi connectivity index (χ1v) is 8.05. The third-order valence-corrected chi connectivity index (χ3v) is 3.94. The summed E-state index contributed by atoms with van der Waals surface area (Å²) in [5.41, 5.74) is 3.18. The average molecular weight is 301 g/mol. The van der Waals surface area contributed by atoms with Crippen LogP contribution in [-0.4, -0.2) is 29.1 Å². The number of benzene rings is 2. The number of hydrogen-bond donors (Lipinski definition) is 2. The van der Waals surface area contributed by atoms with Gasteiger partial charge in [0, 0.05) is 11.4 Å². The van der Waals surface area contributed by atoms with E-state index in [2.05, 4.69) is 17.4 Å². The van der Waals surface area contributed by atoms with Crippen LogP contribution >= 0.6 is 11.8 Å². The molecule has 2 rings (SSSR count). The maximum Gasteiger partial charge on any atom is 0.234 e. The average Bonchev–Trinajstić information content (AvgIpc) is 2.51. The fourth-order valence-electron chi connectivity index (χ4n) is 2.03. The molecule has 2 N–H and O–H groups in total. The van der Waals surface area contributed by atoms with Gasteiger partial charge < -0.3 is 10.4 Å². The van der Waals surface area contributed by atoms with Crippen molar-refractivity contribution in [2.45, 2.75) is 6.42 Å². The van der Waals surface area contributed by atoms with Crippen LogP contribution < -0.4 is 5.32 Å². The molecule has 0 aliphatic rings. The van der Waals surface area contributed by atoms with Crippen LogP contribution in [0.5, 0.6) is 0 Å². The van der Waals surface area contributed by atoms with E-state index in [-0.39, 0.29) is 12.5 Å². The molecule has 2 aromatic carbocycles. The molecule has 0 spiro atoms. The van der Waals surface area contributed by atoms with Gasteiger partial charge in [-0.25, -0.2) is 0 Å². The van der Waals surface area contributed by atoms with Crippen LogP contribution in [0.1, 0.15) is 11.1 Å². The molecule has 0 saturated carbocycles. The number of carbonyl (C=O) groups is 1. The first-order chi connectivity index (χ1) is 10.3. The molecule has 0 unspecified atom stereocenters. The zero-order chi connectivity index (χ0) is 14.9. The fourth-order valence-corrected chi connectivity index (χ4v) is 2.56. The van der Waals surface area contributed by atoms with Gasteiger partial charge >= 0.3 is 0 Å². The molecule has 0 fully saturated rings. The summed E-state index contributed by atoms with van der Waals surface area (Å²) in [6, 6.07) is 18.0. The largest absolute Gasteiger partial charge is 0.396 e. The highest BCUT2D eigenvalue weighted by molar-refractivity contribution is 7.99. The molecule has 4 heteroatoms. The van der Waals surface area contributed by atoms with E-state index in [4.69, 9.17) is 5.11 Å². The second-order valence-corrected chi connectivity index (χ2v) is 5.75. The molecule has 3 nitrogen and oxygen atoms in total. The minimum Gasteiger partial charge on any atom is -0.396 e. The van der Waals surface area contributed by atoms with Crippen LogP contribution in [-0.2, 0) is 11.2 Å². The summed E-state index contributed by atoms with van der Waals surface area (Å²) in [5.74, 6) is 0.910. The Hall–Kier alpha value is -1.78. The third-order valence-electron chi connectivity index (χ3n) is 3.00. The Balaban J connectivity index is 2.01. The summed E-state index contributed by atoms with van der Waals surface area (Å²) in [6.07, 6.45) is 0.793. The Bertz CT molecular complexity index is 572. The van der Waals surface area contributed by atoms with E-state index in [9.17, 15) is 4.79 Å². The van der Waals surface area contributed by atoms with Gasteiger partial charge in [-0.15, -0.1) is 11.8 Å². The lowest BCUT2D eigenvalue weighted by Gasteiger charge is -2.11. The summed E-state index contributed by atoms with van der Waals surface area (Å²) in [6.45, 7) is 0.0997. The topological polar surface area (TPSA) is 49.3 Å². The maximum atomic E-state index is 11.9. The maximum absolute atomic E-state index is 11.9. The van der Waals surface area contributed by atoms with Crippen molar-refractivity contribution in [3.05, 3.63) is 65.7 Å². The van der Waals surface area contributed by atoms with E-state index >= 15 is 0 Å². The normalized spacial score (nSPS) is 10.3. The van der Waals surface area contributed by atoms with E-state index in [1.54, 1.807) is 0 Å². The van der Waals surface area contributed by atoms with Gasteiger partial charge in [-0.3, -0.25) is 4.79 Å². The number of nitrogens with one attached hydrogen (secondary N) is 1. The standard InChI is InChI=1S/C17H19NO2S/c19-10-11-21-13-17(20)18-16-9-5-4-8-15(16)12-14-6-2-1-3-7-14/h1-9,19H,10-13H2,(H,18,20). The zero-order valence-electron chi connectivity index (χ0n) is 11.8. The molecule has 1 amide bonds. The highest BCUT2D eigenvalue weighted by Crippen LogP contribution is 2.19. The lowest BCUT2D eigenvalue weighted by molar-refractivity contribution is -0.113. The van der Waals surface area contributed by atoms with E-state index in [1.165, 1.54) is 17.3 Å². The number of hydrogen-bond acceptors (Lipinski definition) is 3. The smallest absolute Gasteiger partial charge is 0.234 e. The van der Waals surface area contributed by atoms with Crippen LogP contribution in [0.4, 0.5) is 5.69 Å². The fraction of sp³-hybridized carbons (Fsp3) is 0.235. The Labute approximate surface area is 129 Å². The van der Waals surface area contributed by atoms with Crippen molar-refractivity contribution in [1.82, 2.24) is 0 Å². The minimum absolute atomic E-state index is 0.0334. The van der Waals surface area contributed by atoms with Gasteiger partial charge in [0.15, 0.2) is 0 Å². The second-order valence-electron chi connectivity index (χ2n) is 4.64. The zero-order valence-corrected chi connectivity index (χ0v) is 12.6. The highest BCUT2D eigenvalue weighted by atomic mass is 32.2. The van der Waals surface area contributed by atoms with Gasteiger partial charge in [0.25, 0.3) is 0 Å². The summed E-state index contributed by atoms with van der Waals surface area (Å²) in [4.78, 5) is 11.9. The number of amides is 1. The number of rotatable bonds is 7. The van der Waals surface area contributed by atoms with E-state index in [0.29, 0.717) is 11.5 Å². The van der Waals surface area contributed by atoms with Gasteiger partial charge in [0.2, 0.25) is 5.91 Å². The molecule has 0 aliphatic heterocycles. The molecule has 0 atom stereocenters. The summed E-state index contributed by atoms with van der Waals surface area (Å²) < 4.78 is 0. The molecular weight excluding hydrogens is 282 g/mol. The van der Waals surface area contributed by atoms with Crippen molar-refractivity contribution in [3.63, 3.8) is 0 Å². The third kappa shape index (κ3) is 5.25. The van der Waals surface area contributed by atoms with Crippen molar-refractivity contribution >= 4 is 23.4 Å². The predicted molar refractivity (Wildman–Crippen MR) is 88.7 cm³/mol. The Morgan fingerprint density at radius 2 is 1.76 bits per heavy atom. The Morgan fingerprint density at radius 1 is 1.05 bits per heavy atom. The second kappa shape index (κ2) is 8.49. The van der Waals surface area contributed by atoms with Crippen molar-refractivity contribution < 1.29 is 9.90 Å². The summed E-state index contributed by atoms with van der Waals surface area (Å²) >= 11 is 1.43. The molecule has 0 radical (unpaired) electrons. The Morgan fingerprint density at radius 3 is 2.52 bits per heavy atom. The monoisotopic (exact) mass is 301 g/mol. The van der Waals surface area contributed by atoms with Crippen LogP contribution in [0.3, 0.4) is 0 Å². The first-order valence-electron chi connectivity index (χ1n) is 6.90. The van der Waals surface area contributed by atoms with Crippen molar-refractivity contribution in [2.75, 3.05) is 23.4 Å². The molecule has 2 aromatic rings. The van der Waals surface area contributed by atoms with Crippen molar-refractivity contribution in [3.8, 4) is 0 Å². The molecule has 0 aliphatic carbocycles. The van der Waals surface area contributed by atoms with E-state index in [0.717, 1.165) is 17.7 Å². The molecular formula is C17H19NO2S. The predicted octanol–water partition coefficient (Wildman–Crippen LogP) is 2.94. The molecule has 110 valence electrons. The van der Waals surface area contributed by atoms with E-state index in [1.807, 2.05) is 42.5 Å². The molecule has 21 heavy (non-hydrogen) atoms. The molecule has 0 aromatic heterocycles. The number of aliphatic hydroxyl groups is 1. The summed E-state index contributed by atoms with van der Waals surface area (Å²) in [7, 11) is 0. The van der Waals surface area contributed by atoms with Crippen LogP contribution in [0, 0.1) is 0 Å². The lowest BCUT2D eigenvalue weighted by atomic mass is 10.0. The number of para-hydroxylation sites is 1. The minimum atomic E-state index is -0.0334. The highest BCUT2D eigenvalue weighted by Gasteiger charge is 2.07. The summed E-state index contributed by atoms with van der Waals surface area (Å²) in [5, 5.41) is 11.7. The quantitative estimate of drug-likeness (QED) is 0.773. The molecule has 0 bridgehead atoms. The number of aliphatic hydroxyl groups excluding tert-OH is 1. The van der Waals surface area contributed by atoms with Crippen LogP contribution in [0.25, 0.3) is 0 Å². The first kappa shape index (κ1) is 15.6. The lowest BCUT2D eigenvalue weighted by Crippen LogP contribution is -2.16. The van der Waals surface area contributed by atoms with E-state index < -0.39 is 0 Å². The van der Waals surface area contributed by atoms with Crippen LogP contribution in [0.15, 0.2) is 54.6 Å². The van der Waals surface area contributed by atoms with Crippen molar-refractivity contribution in [1.29, 1.82) is 0 Å². The van der Waals surface area contributed by atoms with Gasteiger partial charge in [-0.1, -0.05) is 48.5 Å². The Kier molecular flexibility index (Phi) is 6.31. The number of carbonyl (C=O) groups excluding carboxylic acids is 1. The van der Waals surface area contributed by atoms with Gasteiger partial charge in [-0.2, -0.15) is 0 Å². The molecule has 0 heterocycles.